The number of halogens is 2. The van der Waals surface area contributed by atoms with Gasteiger partial charge < -0.3 is 10.2 Å². The number of rotatable bonds is 6. The van der Waals surface area contributed by atoms with Crippen LogP contribution in [0.25, 0.3) is 0 Å². The van der Waals surface area contributed by atoms with E-state index < -0.39 is 31.9 Å². The van der Waals surface area contributed by atoms with Crippen LogP contribution < -0.4 is 0 Å². The first-order chi connectivity index (χ1) is 17.7. The van der Waals surface area contributed by atoms with Crippen LogP contribution in [0.5, 0.6) is 5.75 Å². The molecular weight excluding hydrogens is 504 g/mol. The summed E-state index contributed by atoms with van der Waals surface area (Å²) in [4.78, 5) is 4.94. The molecule has 1 atom stereocenters. The molecule has 4 aromatic rings. The summed E-state index contributed by atoms with van der Waals surface area (Å²) in [6, 6.07) is 34.2. The molecule has 3 nitrogen and oxygen atoms in total. The Morgan fingerprint density at radius 3 is 1.65 bits per heavy atom. The van der Waals surface area contributed by atoms with Crippen molar-refractivity contribution in [2.45, 2.75) is 37.8 Å². The topological polar surface area (TPSA) is 52.8 Å². The third kappa shape index (κ3) is 6.81. The minimum atomic E-state index is -2.50. The molecule has 4 rings (SSSR count). The Morgan fingerprint density at radius 2 is 1.19 bits per heavy atom. The van der Waals surface area contributed by atoms with E-state index in [2.05, 4.69) is 20.8 Å². The van der Waals surface area contributed by atoms with Gasteiger partial charge in [-0.2, -0.15) is 0 Å². The summed E-state index contributed by atoms with van der Waals surface area (Å²) in [6.45, 7) is 6.21. The molecule has 2 N–H and O–H groups in total. The monoisotopic (exact) mass is 535 g/mol. The van der Waals surface area contributed by atoms with Crippen LogP contribution in [0.15, 0.2) is 114 Å². The normalized spacial score (nSPS) is 12.5. The first kappa shape index (κ1) is 28.5. The fourth-order valence-electron chi connectivity index (χ4n) is 4.36. The van der Waals surface area contributed by atoms with Crippen LogP contribution in [0.2, 0.25) is 0 Å². The number of phenolic OH excluding ortho intramolecular Hbond substituents is 1. The standard InChI is InChI=1S/C31H31NO2.2FH.Ti/c1-30(2,3)27-21-13-16-24(28(27)33)22-32-29(23-14-7-4-8-15-23)31(34,25-17-9-5-10-18-25)26-19-11-6-12-20-26;;;/h4-22,29,33-34H,1-3H3;2*1H;/q;;;+2/p-2/t29-;;;/m1.../s1. The Bertz CT molecular complexity index is 1240. The van der Waals surface area contributed by atoms with E-state index in [0.29, 0.717) is 5.56 Å². The van der Waals surface area contributed by atoms with Crippen molar-refractivity contribution in [3.8, 4) is 5.75 Å². The molecule has 0 fully saturated rings. The maximum absolute atomic E-state index is 12.4. The van der Waals surface area contributed by atoms with Crippen molar-refractivity contribution in [3.63, 3.8) is 0 Å². The predicted molar refractivity (Wildman–Crippen MR) is 142 cm³/mol. The van der Waals surface area contributed by atoms with Crippen molar-refractivity contribution < 1.29 is 36.6 Å². The summed E-state index contributed by atoms with van der Waals surface area (Å²) in [5.41, 5.74) is 2.23. The molecule has 0 radical (unpaired) electrons. The number of phenols is 1. The molecule has 0 aliphatic heterocycles. The van der Waals surface area contributed by atoms with Gasteiger partial charge in [-0.25, -0.2) is 0 Å². The summed E-state index contributed by atoms with van der Waals surface area (Å²) in [6.07, 6.45) is 1.68. The molecule has 0 bridgehead atoms. The molecule has 0 amide bonds. The van der Waals surface area contributed by atoms with Gasteiger partial charge in [-0.1, -0.05) is 124 Å². The third-order valence-electron chi connectivity index (χ3n) is 6.18. The van der Waals surface area contributed by atoms with E-state index in [4.69, 9.17) is 4.99 Å². The molecule has 0 aliphatic rings. The van der Waals surface area contributed by atoms with E-state index in [-0.39, 0.29) is 11.2 Å². The zero-order valence-electron chi connectivity index (χ0n) is 21.1. The zero-order valence-corrected chi connectivity index (χ0v) is 22.7. The summed E-state index contributed by atoms with van der Waals surface area (Å²) >= 11 is -2.50. The van der Waals surface area contributed by atoms with Crippen LogP contribution in [0.4, 0.5) is 6.18 Å². The van der Waals surface area contributed by atoms with Crippen LogP contribution in [-0.2, 0) is 31.2 Å². The van der Waals surface area contributed by atoms with Crippen molar-refractivity contribution in [2.24, 2.45) is 4.99 Å². The van der Waals surface area contributed by atoms with E-state index in [0.717, 1.165) is 22.3 Å². The van der Waals surface area contributed by atoms with E-state index in [1.807, 2.05) is 109 Å². The summed E-state index contributed by atoms with van der Waals surface area (Å²) in [5, 5.41) is 23.4. The molecule has 0 heterocycles. The van der Waals surface area contributed by atoms with Gasteiger partial charge >= 0.3 is 26.4 Å². The van der Waals surface area contributed by atoms with E-state index in [1.54, 1.807) is 6.21 Å². The van der Waals surface area contributed by atoms with Crippen molar-refractivity contribution in [2.75, 3.05) is 0 Å². The number of aliphatic imine (C=N–C) groups is 1. The molecule has 0 aromatic heterocycles. The minimum absolute atomic E-state index is 0.207. The molecular formula is C31H31F2NO2Ti. The van der Waals surface area contributed by atoms with Crippen LogP contribution in [0, 0.1) is 0 Å². The van der Waals surface area contributed by atoms with Crippen molar-refractivity contribution in [1.82, 2.24) is 0 Å². The predicted octanol–water partition coefficient (Wildman–Crippen LogP) is 7.62. The number of hydrogen-bond acceptors (Lipinski definition) is 3. The average molecular weight is 535 g/mol. The number of benzene rings is 4. The molecule has 0 spiro atoms. The number of para-hydroxylation sites is 1. The molecule has 4 aromatic carbocycles. The van der Waals surface area contributed by atoms with E-state index >= 15 is 0 Å². The van der Waals surface area contributed by atoms with E-state index in [1.165, 1.54) is 0 Å². The number of hydrogen-bond donors (Lipinski definition) is 2. The van der Waals surface area contributed by atoms with Gasteiger partial charge in [0.05, 0.1) is 0 Å². The van der Waals surface area contributed by atoms with Crippen LogP contribution >= 0.6 is 0 Å². The Morgan fingerprint density at radius 1 is 0.730 bits per heavy atom. The number of aromatic hydroxyl groups is 1. The average Bonchev–Trinajstić information content (AvgIpc) is 2.91. The van der Waals surface area contributed by atoms with Crippen LogP contribution in [0.1, 0.15) is 54.6 Å². The van der Waals surface area contributed by atoms with Gasteiger partial charge in [0.25, 0.3) is 0 Å². The fraction of sp³-hybridized carbons (Fsp3) is 0.194. The van der Waals surface area contributed by atoms with Crippen molar-refractivity contribution in [1.29, 1.82) is 0 Å². The van der Waals surface area contributed by atoms with Gasteiger partial charge in [-0.15, -0.1) is 0 Å². The Kier molecular flexibility index (Phi) is 9.93. The molecule has 0 unspecified atom stereocenters. The Labute approximate surface area is 227 Å². The van der Waals surface area contributed by atoms with Gasteiger partial charge in [0, 0.05) is 11.8 Å². The zero-order chi connectivity index (χ0) is 26.9. The first-order valence-electron chi connectivity index (χ1n) is 11.9. The fourth-order valence-corrected chi connectivity index (χ4v) is 4.36. The van der Waals surface area contributed by atoms with Crippen LogP contribution in [0.3, 0.4) is 0 Å². The number of aliphatic hydroxyl groups is 1. The quantitative estimate of drug-likeness (QED) is 0.197. The van der Waals surface area contributed by atoms with Gasteiger partial charge in [-0.05, 0) is 33.7 Å². The SMILES string of the molecule is CC(C)(C)c1cccc(C=N[C@H](c2ccccc2)C(O)(c2ccccc2)c2ccccc2)c1O.[F][Ti][F]. The molecule has 37 heavy (non-hydrogen) atoms. The summed E-state index contributed by atoms with van der Waals surface area (Å²) < 4.78 is 19.5. The molecule has 0 saturated carbocycles. The second-order valence-corrected chi connectivity index (χ2v) is 9.88. The maximum atomic E-state index is 12.4. The third-order valence-corrected chi connectivity index (χ3v) is 6.18. The van der Waals surface area contributed by atoms with Gasteiger partial charge in [-0.3, -0.25) is 4.99 Å². The Hall–Kier alpha value is -3.12. The van der Waals surface area contributed by atoms with Crippen molar-refractivity contribution >= 4 is 6.21 Å². The Balaban J connectivity index is 0.00000121. The molecule has 0 saturated heterocycles. The summed E-state index contributed by atoms with van der Waals surface area (Å²) in [5.74, 6) is 0.216. The van der Waals surface area contributed by atoms with Gasteiger partial charge in [0.15, 0.2) is 0 Å². The molecule has 0 aliphatic carbocycles. The first-order valence-corrected chi connectivity index (χ1v) is 13.1. The second-order valence-electron chi connectivity index (χ2n) is 9.65. The summed E-state index contributed by atoms with van der Waals surface area (Å²) in [7, 11) is 0. The number of nitrogens with zero attached hydrogens (tertiary/aromatic N) is 1. The van der Waals surface area contributed by atoms with Gasteiger partial charge in [0.1, 0.15) is 17.4 Å². The molecule has 190 valence electrons. The van der Waals surface area contributed by atoms with Crippen LogP contribution in [-0.4, -0.2) is 16.4 Å². The van der Waals surface area contributed by atoms with Crippen molar-refractivity contribution in [3.05, 3.63) is 137 Å². The van der Waals surface area contributed by atoms with Gasteiger partial charge in [0.2, 0.25) is 0 Å². The second kappa shape index (κ2) is 12.9. The molecule has 6 heteroatoms. The van der Waals surface area contributed by atoms with E-state index in [9.17, 15) is 16.4 Å².